The van der Waals surface area contributed by atoms with E-state index in [1.807, 2.05) is 23.9 Å². The normalized spacial score (nSPS) is 13.9. The van der Waals surface area contributed by atoms with Crippen LogP contribution in [0.15, 0.2) is 53.5 Å². The summed E-state index contributed by atoms with van der Waals surface area (Å²) in [5, 5.41) is 13.3. The van der Waals surface area contributed by atoms with E-state index in [1.54, 1.807) is 29.8 Å². The number of nitrogens with zero attached hydrogens (tertiary/aromatic N) is 5. The summed E-state index contributed by atoms with van der Waals surface area (Å²) in [5.74, 6) is -1.16. The van der Waals surface area contributed by atoms with Crippen molar-refractivity contribution < 1.29 is 13.9 Å². The molecule has 12 heteroatoms. The number of halogens is 2. The van der Waals surface area contributed by atoms with Crippen LogP contribution in [0.1, 0.15) is 21.5 Å². The minimum absolute atomic E-state index is 0.0500. The summed E-state index contributed by atoms with van der Waals surface area (Å²) in [6.07, 6.45) is 2.46. The zero-order valence-corrected chi connectivity index (χ0v) is 26.2. The monoisotopic (exact) mass is 631 g/mol. The molecule has 1 amide bonds. The Kier molecular flexibility index (Phi) is 8.84. The molecular formula is C33H35ClFN7O3. The molecule has 234 valence electrons. The average molecular weight is 632 g/mol. The minimum Gasteiger partial charge on any atom is -0.383 e. The Labute approximate surface area is 264 Å². The van der Waals surface area contributed by atoms with E-state index in [4.69, 9.17) is 21.4 Å². The molecule has 0 radical (unpaired) electrons. The highest BCUT2D eigenvalue weighted by atomic mass is 35.5. The van der Waals surface area contributed by atoms with Crippen LogP contribution in [0.3, 0.4) is 0 Å². The average Bonchev–Trinajstić information content (AvgIpc) is 3.47. The van der Waals surface area contributed by atoms with Gasteiger partial charge in [-0.3, -0.25) is 19.1 Å². The number of hydrogen-bond donors (Lipinski definition) is 2. The molecule has 0 unspecified atom stereocenters. The molecule has 0 aliphatic carbocycles. The number of anilines is 1. The molecule has 0 spiro atoms. The molecule has 6 rings (SSSR count). The van der Waals surface area contributed by atoms with Gasteiger partial charge in [-0.25, -0.2) is 14.1 Å². The second-order valence-corrected chi connectivity index (χ2v) is 11.6. The molecule has 2 aromatic carbocycles. The van der Waals surface area contributed by atoms with Crippen molar-refractivity contribution in [2.75, 3.05) is 51.8 Å². The number of amides is 1. The quantitative estimate of drug-likeness (QED) is 0.232. The third-order valence-corrected chi connectivity index (χ3v) is 8.53. The predicted octanol–water partition coefficient (Wildman–Crippen LogP) is 4.40. The largest absolute Gasteiger partial charge is 0.383 e. The molecule has 0 atom stereocenters. The van der Waals surface area contributed by atoms with Gasteiger partial charge in [0, 0.05) is 62.0 Å². The van der Waals surface area contributed by atoms with Crippen molar-refractivity contribution in [2.24, 2.45) is 7.05 Å². The second kappa shape index (κ2) is 13.0. The minimum atomic E-state index is -0.651. The fraction of sp³-hybridized carbons (Fsp3) is 0.333. The molecule has 4 heterocycles. The molecule has 3 aromatic heterocycles. The van der Waals surface area contributed by atoms with Crippen molar-refractivity contribution in [3.8, 4) is 11.3 Å². The van der Waals surface area contributed by atoms with Crippen molar-refractivity contribution >= 4 is 45.0 Å². The van der Waals surface area contributed by atoms with E-state index in [1.165, 1.54) is 19.2 Å². The van der Waals surface area contributed by atoms with Gasteiger partial charge in [0.15, 0.2) is 0 Å². The Morgan fingerprint density at radius 1 is 1.09 bits per heavy atom. The summed E-state index contributed by atoms with van der Waals surface area (Å²) in [6, 6.07) is 11.9. The Balaban J connectivity index is 1.30. The number of rotatable bonds is 9. The summed E-state index contributed by atoms with van der Waals surface area (Å²) < 4.78 is 23.9. The van der Waals surface area contributed by atoms with Gasteiger partial charge >= 0.3 is 0 Å². The number of aryl methyl sites for hydroxylation is 2. The van der Waals surface area contributed by atoms with E-state index in [0.717, 1.165) is 60.4 Å². The number of aromatic nitrogens is 4. The lowest BCUT2D eigenvalue weighted by Gasteiger charge is -2.26. The first kappa shape index (κ1) is 30.7. The van der Waals surface area contributed by atoms with E-state index >= 15 is 0 Å². The molecule has 10 nitrogen and oxygen atoms in total. The van der Waals surface area contributed by atoms with Crippen molar-refractivity contribution in [3.63, 3.8) is 0 Å². The first-order valence-electron chi connectivity index (χ1n) is 15.0. The topological polar surface area (TPSA) is 106 Å². The van der Waals surface area contributed by atoms with Crippen molar-refractivity contribution in [1.82, 2.24) is 29.5 Å². The lowest BCUT2D eigenvalue weighted by molar-refractivity contribution is 0.0361. The van der Waals surface area contributed by atoms with Crippen LogP contribution >= 0.6 is 11.6 Å². The van der Waals surface area contributed by atoms with Gasteiger partial charge in [0.1, 0.15) is 16.6 Å². The lowest BCUT2D eigenvalue weighted by Crippen LogP contribution is -2.38. The molecule has 0 bridgehead atoms. The van der Waals surface area contributed by atoms with E-state index < -0.39 is 11.7 Å². The second-order valence-electron chi connectivity index (χ2n) is 11.3. The van der Waals surface area contributed by atoms with Crippen LogP contribution < -0.4 is 16.2 Å². The van der Waals surface area contributed by atoms with E-state index in [0.29, 0.717) is 41.8 Å². The summed E-state index contributed by atoms with van der Waals surface area (Å²) in [6.45, 7) is 7.23. The molecule has 2 N–H and O–H groups in total. The fourth-order valence-corrected chi connectivity index (χ4v) is 6.21. The van der Waals surface area contributed by atoms with Gasteiger partial charge in [0.05, 0.1) is 42.9 Å². The van der Waals surface area contributed by atoms with Gasteiger partial charge in [-0.1, -0.05) is 29.3 Å². The highest BCUT2D eigenvalue weighted by molar-refractivity contribution is 6.29. The first-order valence-corrected chi connectivity index (χ1v) is 15.3. The highest BCUT2D eigenvalue weighted by Gasteiger charge is 2.19. The number of carbonyl (C=O) groups is 1. The summed E-state index contributed by atoms with van der Waals surface area (Å²) in [4.78, 5) is 32.4. The van der Waals surface area contributed by atoms with Crippen LogP contribution in [0, 0.1) is 12.7 Å². The number of carbonyl (C=O) groups excluding carboxylic acids is 1. The number of fused-ring (bicyclic) bond motifs is 3. The maximum atomic E-state index is 14.8. The Hall–Kier alpha value is -4.32. The standard InChI is InChI=1S/C33H35ClFN7O3/c1-20-16-21(8-9-37-27-6-7-28(34)39-30(27)22-4-5-23(26(35)18-22)31(43)36-2)29-24(17-20)33(44)40(3)32-25(29)19-38-42(32)11-10-41-12-14-45-15-13-41/h4-7,16-19,37H,8-15H2,1-3H3,(H,36,43). The van der Waals surface area contributed by atoms with Gasteiger partial charge in [0.25, 0.3) is 11.5 Å². The smallest absolute Gasteiger partial charge is 0.259 e. The Bertz CT molecular complexity index is 1970. The third kappa shape index (κ3) is 6.15. The number of benzene rings is 2. The van der Waals surface area contributed by atoms with Crippen LogP contribution in [0.4, 0.5) is 10.1 Å². The van der Waals surface area contributed by atoms with E-state index in [9.17, 15) is 14.0 Å². The molecule has 1 aliphatic rings. The molecular weight excluding hydrogens is 597 g/mol. The zero-order valence-electron chi connectivity index (χ0n) is 25.5. The predicted molar refractivity (Wildman–Crippen MR) is 175 cm³/mol. The van der Waals surface area contributed by atoms with Crippen molar-refractivity contribution in [1.29, 1.82) is 0 Å². The summed E-state index contributed by atoms with van der Waals surface area (Å²) in [7, 11) is 3.26. The van der Waals surface area contributed by atoms with Crippen molar-refractivity contribution in [3.05, 3.63) is 86.7 Å². The zero-order chi connectivity index (χ0) is 31.7. The number of pyridine rings is 2. The van der Waals surface area contributed by atoms with Crippen LogP contribution in [-0.4, -0.2) is 76.6 Å². The van der Waals surface area contributed by atoms with Crippen LogP contribution in [-0.2, 0) is 24.8 Å². The number of hydrogen-bond acceptors (Lipinski definition) is 7. The lowest BCUT2D eigenvalue weighted by atomic mass is 9.98. The number of ether oxygens (including phenoxy) is 1. The van der Waals surface area contributed by atoms with Gasteiger partial charge < -0.3 is 15.4 Å². The molecule has 1 saturated heterocycles. The maximum absolute atomic E-state index is 14.8. The summed E-state index contributed by atoms with van der Waals surface area (Å²) in [5.41, 5.74) is 4.33. The van der Waals surface area contributed by atoms with Crippen LogP contribution in [0.25, 0.3) is 33.1 Å². The van der Waals surface area contributed by atoms with E-state index in [-0.39, 0.29) is 16.3 Å². The van der Waals surface area contributed by atoms with Gasteiger partial charge in [-0.15, -0.1) is 0 Å². The molecule has 1 aliphatic heterocycles. The van der Waals surface area contributed by atoms with Gasteiger partial charge in [0.2, 0.25) is 0 Å². The number of nitrogens with one attached hydrogen (secondary N) is 2. The maximum Gasteiger partial charge on any atom is 0.259 e. The SMILES string of the molecule is CNC(=O)c1ccc(-c2nc(Cl)ccc2NCCc2cc(C)cc3c(=O)n(C)c4c(cnn4CCN4CCOCC4)c23)cc1F. The van der Waals surface area contributed by atoms with E-state index in [2.05, 4.69) is 26.6 Å². The fourth-order valence-electron chi connectivity index (χ4n) is 6.07. The molecule has 0 saturated carbocycles. The first-order chi connectivity index (χ1) is 21.7. The molecule has 1 fully saturated rings. The Morgan fingerprint density at radius 3 is 2.64 bits per heavy atom. The molecule has 5 aromatic rings. The van der Waals surface area contributed by atoms with Crippen LogP contribution in [0.2, 0.25) is 5.15 Å². The number of morpholine rings is 1. The molecule has 45 heavy (non-hydrogen) atoms. The third-order valence-electron chi connectivity index (χ3n) is 8.32. The van der Waals surface area contributed by atoms with Crippen molar-refractivity contribution in [2.45, 2.75) is 19.9 Å². The Morgan fingerprint density at radius 2 is 1.89 bits per heavy atom. The highest BCUT2D eigenvalue weighted by Crippen LogP contribution is 2.31. The van der Waals surface area contributed by atoms with Gasteiger partial charge in [-0.2, -0.15) is 5.10 Å². The summed E-state index contributed by atoms with van der Waals surface area (Å²) >= 11 is 6.23. The van der Waals surface area contributed by atoms with Crippen LogP contribution in [0.5, 0.6) is 0 Å². The van der Waals surface area contributed by atoms with Gasteiger partial charge in [-0.05, 0) is 49.2 Å².